The largest absolute Gasteiger partial charge is 0.466 e. The van der Waals surface area contributed by atoms with Crippen molar-refractivity contribution >= 4 is 46.4 Å². The Bertz CT molecular complexity index is 945. The number of methoxy groups -OCH3 is 1. The Morgan fingerprint density at radius 1 is 1.27 bits per heavy atom. The number of amidine groups is 1. The quantitative estimate of drug-likeness (QED) is 0.379. The highest BCUT2D eigenvalue weighted by molar-refractivity contribution is 8.18. The summed E-state index contributed by atoms with van der Waals surface area (Å²) >= 11 is 2.77. The zero-order valence-electron chi connectivity index (χ0n) is 14.1. The van der Waals surface area contributed by atoms with Crippen LogP contribution in [0.1, 0.15) is 10.4 Å². The zero-order chi connectivity index (χ0) is 18.5. The summed E-state index contributed by atoms with van der Waals surface area (Å²) in [6.45, 7) is 2.08. The predicted molar refractivity (Wildman–Crippen MR) is 105 cm³/mol. The van der Waals surface area contributed by atoms with Crippen molar-refractivity contribution < 1.29 is 14.3 Å². The summed E-state index contributed by atoms with van der Waals surface area (Å²) in [6, 6.07) is 12.1. The van der Waals surface area contributed by atoms with E-state index in [9.17, 15) is 9.59 Å². The van der Waals surface area contributed by atoms with Crippen molar-refractivity contribution in [3.8, 4) is 10.4 Å². The third kappa shape index (κ3) is 4.47. The van der Waals surface area contributed by atoms with E-state index in [0.717, 1.165) is 29.0 Å². The molecule has 2 aromatic rings. The van der Waals surface area contributed by atoms with Crippen LogP contribution in [0.5, 0.6) is 0 Å². The van der Waals surface area contributed by atoms with Crippen LogP contribution in [-0.4, -0.2) is 30.4 Å². The highest BCUT2D eigenvalue weighted by Gasteiger charge is 2.24. The zero-order valence-corrected chi connectivity index (χ0v) is 15.7. The molecule has 1 aliphatic rings. The van der Waals surface area contributed by atoms with Crippen LogP contribution in [0.4, 0.5) is 0 Å². The summed E-state index contributed by atoms with van der Waals surface area (Å²) in [5.74, 6) is -0.988. The summed E-state index contributed by atoms with van der Waals surface area (Å²) in [5.41, 5.74) is 2.02. The van der Waals surface area contributed by atoms with Crippen molar-refractivity contribution in [2.45, 2.75) is 6.92 Å². The third-order valence-electron chi connectivity index (χ3n) is 3.37. The molecule has 2 heterocycles. The molecule has 1 aromatic heterocycles. The third-order valence-corrected chi connectivity index (χ3v) is 5.32. The van der Waals surface area contributed by atoms with Gasteiger partial charge in [-0.3, -0.25) is 10.1 Å². The van der Waals surface area contributed by atoms with E-state index in [-0.39, 0.29) is 4.91 Å². The average Bonchev–Trinajstić information content (AvgIpc) is 3.21. The predicted octanol–water partition coefficient (Wildman–Crippen LogP) is 3.33. The molecule has 1 aromatic carbocycles. The van der Waals surface area contributed by atoms with Gasteiger partial charge in [-0.2, -0.15) is 5.10 Å². The second-order valence-electron chi connectivity index (χ2n) is 5.27. The van der Waals surface area contributed by atoms with E-state index in [4.69, 9.17) is 0 Å². The maximum absolute atomic E-state index is 11.7. The maximum atomic E-state index is 11.7. The molecule has 1 fully saturated rings. The molecule has 6 nitrogen and oxygen atoms in total. The SMILES string of the molecule is COC(=O)/C=C1/S/C(=N\N=Cc2cccc(-c3ccc(C)s3)c2)NC1=O. The van der Waals surface area contributed by atoms with Crippen molar-refractivity contribution in [3.63, 3.8) is 0 Å². The fourth-order valence-electron chi connectivity index (χ4n) is 2.15. The average molecular weight is 385 g/mol. The molecular weight excluding hydrogens is 370 g/mol. The Morgan fingerprint density at radius 3 is 2.85 bits per heavy atom. The van der Waals surface area contributed by atoms with Gasteiger partial charge in [-0.05, 0) is 48.0 Å². The van der Waals surface area contributed by atoms with Crippen molar-refractivity contribution in [2.75, 3.05) is 7.11 Å². The van der Waals surface area contributed by atoms with Crippen LogP contribution in [-0.2, 0) is 14.3 Å². The lowest BCUT2D eigenvalue weighted by atomic mass is 10.1. The fraction of sp³-hybridized carbons (Fsp3) is 0.111. The van der Waals surface area contributed by atoms with Crippen LogP contribution in [0, 0.1) is 6.92 Å². The van der Waals surface area contributed by atoms with E-state index in [1.807, 2.05) is 24.3 Å². The van der Waals surface area contributed by atoms with Gasteiger partial charge in [0.05, 0.1) is 18.2 Å². The number of hydrogen-bond donors (Lipinski definition) is 1. The molecule has 26 heavy (non-hydrogen) atoms. The number of thioether (sulfide) groups is 1. The molecule has 1 saturated heterocycles. The summed E-state index contributed by atoms with van der Waals surface area (Å²) < 4.78 is 4.51. The second kappa shape index (κ2) is 8.11. The number of nitrogens with one attached hydrogen (secondary N) is 1. The lowest BCUT2D eigenvalue weighted by molar-refractivity contribution is -0.135. The molecular formula is C18H15N3O3S2. The number of carbonyl (C=O) groups is 2. The smallest absolute Gasteiger partial charge is 0.331 e. The Balaban J connectivity index is 1.71. The molecule has 0 unspecified atom stereocenters. The molecule has 0 radical (unpaired) electrons. The van der Waals surface area contributed by atoms with Crippen molar-refractivity contribution in [2.24, 2.45) is 10.2 Å². The van der Waals surface area contributed by atoms with E-state index in [0.29, 0.717) is 5.17 Å². The first kappa shape index (κ1) is 18.1. The number of nitrogens with zero attached hydrogens (tertiary/aromatic N) is 2. The monoisotopic (exact) mass is 385 g/mol. The van der Waals surface area contributed by atoms with Gasteiger partial charge in [0, 0.05) is 15.8 Å². The van der Waals surface area contributed by atoms with Gasteiger partial charge in [0.1, 0.15) is 0 Å². The van der Waals surface area contributed by atoms with Crippen LogP contribution in [0.25, 0.3) is 10.4 Å². The van der Waals surface area contributed by atoms with Crippen molar-refractivity contribution in [1.82, 2.24) is 5.32 Å². The molecule has 0 bridgehead atoms. The van der Waals surface area contributed by atoms with Gasteiger partial charge in [-0.15, -0.1) is 16.4 Å². The number of esters is 1. The number of hydrogen-bond acceptors (Lipinski definition) is 7. The molecule has 8 heteroatoms. The number of thiophene rings is 1. The first-order valence-electron chi connectivity index (χ1n) is 7.62. The number of benzene rings is 1. The van der Waals surface area contributed by atoms with Crippen LogP contribution in [0.3, 0.4) is 0 Å². The van der Waals surface area contributed by atoms with Gasteiger partial charge < -0.3 is 4.74 Å². The molecule has 3 rings (SSSR count). The summed E-state index contributed by atoms with van der Waals surface area (Å²) in [6.07, 6.45) is 2.74. The van der Waals surface area contributed by atoms with Crippen molar-refractivity contribution in [1.29, 1.82) is 0 Å². The first-order chi connectivity index (χ1) is 12.5. The molecule has 132 valence electrons. The highest BCUT2D eigenvalue weighted by atomic mass is 32.2. The van der Waals surface area contributed by atoms with Crippen LogP contribution in [0.15, 0.2) is 57.6 Å². The molecule has 0 saturated carbocycles. The summed E-state index contributed by atoms with van der Waals surface area (Å²) in [5, 5.41) is 10.9. The van der Waals surface area contributed by atoms with Gasteiger partial charge in [-0.1, -0.05) is 18.2 Å². The number of aryl methyl sites for hydroxylation is 1. The minimum Gasteiger partial charge on any atom is -0.466 e. The normalized spacial score (nSPS) is 17.2. The van der Waals surface area contributed by atoms with Crippen molar-refractivity contribution in [3.05, 3.63) is 57.8 Å². The molecule has 0 aliphatic carbocycles. The molecule has 0 spiro atoms. The van der Waals surface area contributed by atoms with E-state index >= 15 is 0 Å². The minimum absolute atomic E-state index is 0.223. The minimum atomic E-state index is -0.590. The molecule has 1 N–H and O–H groups in total. The molecule has 1 aliphatic heterocycles. The number of amides is 1. The molecule has 1 amide bonds. The summed E-state index contributed by atoms with van der Waals surface area (Å²) in [7, 11) is 1.25. The lowest BCUT2D eigenvalue weighted by Crippen LogP contribution is -2.19. The molecule has 0 atom stereocenters. The standard InChI is InChI=1S/C18H15N3O3S2/c1-11-6-7-14(25-11)13-5-3-4-12(8-13)10-19-21-18-20-17(23)15(26-18)9-16(22)24-2/h3-10H,1-2H3,(H,20,21,23)/b15-9+,19-10?. The van der Waals surface area contributed by atoms with Crippen LogP contribution in [0.2, 0.25) is 0 Å². The number of ether oxygens (including phenoxy) is 1. The van der Waals surface area contributed by atoms with Gasteiger partial charge in [0.15, 0.2) is 5.17 Å². The van der Waals surface area contributed by atoms with Crippen LogP contribution >= 0.6 is 23.1 Å². The van der Waals surface area contributed by atoms with Crippen LogP contribution < -0.4 is 5.32 Å². The fourth-order valence-corrected chi connectivity index (χ4v) is 3.75. The second-order valence-corrected chi connectivity index (χ2v) is 7.59. The topological polar surface area (TPSA) is 80.1 Å². The Morgan fingerprint density at radius 2 is 2.12 bits per heavy atom. The van der Waals surface area contributed by atoms with Gasteiger partial charge >= 0.3 is 5.97 Å². The first-order valence-corrected chi connectivity index (χ1v) is 9.25. The van der Waals surface area contributed by atoms with Gasteiger partial charge in [0.2, 0.25) is 0 Å². The van der Waals surface area contributed by atoms with E-state index in [1.165, 1.54) is 16.9 Å². The number of rotatable bonds is 4. The number of carbonyl (C=O) groups excluding carboxylic acids is 2. The van der Waals surface area contributed by atoms with E-state index in [2.05, 4.69) is 39.3 Å². The maximum Gasteiger partial charge on any atom is 0.331 e. The Hall–Kier alpha value is -2.71. The van der Waals surface area contributed by atoms with Gasteiger partial charge in [0.25, 0.3) is 5.91 Å². The van der Waals surface area contributed by atoms with E-state index < -0.39 is 11.9 Å². The highest BCUT2D eigenvalue weighted by Crippen LogP contribution is 2.28. The Kier molecular flexibility index (Phi) is 5.65. The van der Waals surface area contributed by atoms with Gasteiger partial charge in [-0.25, -0.2) is 4.79 Å². The summed E-state index contributed by atoms with van der Waals surface area (Å²) in [4.78, 5) is 25.6. The van der Waals surface area contributed by atoms with E-state index in [1.54, 1.807) is 17.6 Å². The lowest BCUT2D eigenvalue weighted by Gasteiger charge is -1.98. The Labute approximate surface area is 158 Å².